The van der Waals surface area contributed by atoms with Crippen LogP contribution in [0.3, 0.4) is 0 Å². The largest absolute Gasteiger partial charge is 0.351 e. The molecular formula is C12H22N2. The summed E-state index contributed by atoms with van der Waals surface area (Å²) < 4.78 is 2.31. The van der Waals surface area contributed by atoms with Crippen LogP contribution in [0.1, 0.15) is 32.9 Å². The van der Waals surface area contributed by atoms with Crippen LogP contribution in [0.4, 0.5) is 0 Å². The Morgan fingerprint density at radius 2 is 2.14 bits per heavy atom. The molecule has 0 aliphatic heterocycles. The van der Waals surface area contributed by atoms with Crippen LogP contribution in [-0.4, -0.2) is 10.6 Å². The van der Waals surface area contributed by atoms with Crippen LogP contribution in [0.25, 0.3) is 0 Å². The summed E-state index contributed by atoms with van der Waals surface area (Å²) in [4.78, 5) is 0. The molecule has 0 aliphatic carbocycles. The minimum Gasteiger partial charge on any atom is -0.351 e. The fourth-order valence-corrected chi connectivity index (χ4v) is 1.57. The Bertz CT molecular complexity index is 263. The van der Waals surface area contributed by atoms with E-state index in [4.69, 9.17) is 5.73 Å². The van der Waals surface area contributed by atoms with Crippen molar-refractivity contribution < 1.29 is 0 Å². The van der Waals surface area contributed by atoms with Gasteiger partial charge in [-0.05, 0) is 24.5 Å². The molecule has 0 radical (unpaired) electrons. The predicted molar refractivity (Wildman–Crippen MR) is 61.2 cm³/mol. The molecule has 14 heavy (non-hydrogen) atoms. The SMILES string of the molecule is CCCn1cccc1CC(N)C(C)C. The van der Waals surface area contributed by atoms with Crippen LogP contribution in [0, 0.1) is 5.92 Å². The minimum absolute atomic E-state index is 0.278. The van der Waals surface area contributed by atoms with Gasteiger partial charge in [-0.3, -0.25) is 0 Å². The molecule has 1 aromatic heterocycles. The summed E-state index contributed by atoms with van der Waals surface area (Å²) in [7, 11) is 0. The molecule has 2 heteroatoms. The monoisotopic (exact) mass is 194 g/mol. The topological polar surface area (TPSA) is 30.9 Å². The number of aromatic nitrogens is 1. The quantitative estimate of drug-likeness (QED) is 0.766. The summed E-state index contributed by atoms with van der Waals surface area (Å²) >= 11 is 0. The van der Waals surface area contributed by atoms with Crippen molar-refractivity contribution >= 4 is 0 Å². The average molecular weight is 194 g/mol. The van der Waals surface area contributed by atoms with Gasteiger partial charge in [-0.25, -0.2) is 0 Å². The third-order valence-electron chi connectivity index (χ3n) is 2.69. The maximum absolute atomic E-state index is 6.06. The smallest absolute Gasteiger partial charge is 0.0219 e. The van der Waals surface area contributed by atoms with E-state index >= 15 is 0 Å². The fraction of sp³-hybridized carbons (Fsp3) is 0.667. The molecule has 2 nitrogen and oxygen atoms in total. The van der Waals surface area contributed by atoms with Gasteiger partial charge in [0, 0.05) is 30.9 Å². The number of nitrogens with two attached hydrogens (primary N) is 1. The molecule has 80 valence electrons. The van der Waals surface area contributed by atoms with Gasteiger partial charge in [0.15, 0.2) is 0 Å². The van der Waals surface area contributed by atoms with Gasteiger partial charge in [0.05, 0.1) is 0 Å². The van der Waals surface area contributed by atoms with Gasteiger partial charge >= 0.3 is 0 Å². The Morgan fingerprint density at radius 1 is 1.43 bits per heavy atom. The number of aryl methyl sites for hydroxylation is 1. The van der Waals surface area contributed by atoms with Crippen LogP contribution in [0.15, 0.2) is 18.3 Å². The molecule has 0 amide bonds. The van der Waals surface area contributed by atoms with E-state index in [9.17, 15) is 0 Å². The normalized spacial score (nSPS) is 13.5. The highest BCUT2D eigenvalue weighted by Crippen LogP contribution is 2.10. The van der Waals surface area contributed by atoms with Gasteiger partial charge < -0.3 is 10.3 Å². The molecule has 1 aromatic rings. The number of rotatable bonds is 5. The summed E-state index contributed by atoms with van der Waals surface area (Å²) in [6, 6.07) is 4.57. The lowest BCUT2D eigenvalue weighted by Crippen LogP contribution is -2.29. The maximum atomic E-state index is 6.06. The molecule has 0 saturated heterocycles. The van der Waals surface area contributed by atoms with E-state index in [1.165, 1.54) is 12.1 Å². The lowest BCUT2D eigenvalue weighted by Gasteiger charge is -2.16. The highest BCUT2D eigenvalue weighted by atomic mass is 15.0. The van der Waals surface area contributed by atoms with E-state index in [0.29, 0.717) is 5.92 Å². The van der Waals surface area contributed by atoms with Crippen molar-refractivity contribution in [3.05, 3.63) is 24.0 Å². The molecule has 2 N–H and O–H groups in total. The van der Waals surface area contributed by atoms with Gasteiger partial charge in [-0.15, -0.1) is 0 Å². The van der Waals surface area contributed by atoms with Crippen LogP contribution in [0.2, 0.25) is 0 Å². The van der Waals surface area contributed by atoms with E-state index in [1.54, 1.807) is 0 Å². The Hall–Kier alpha value is -0.760. The molecule has 0 fully saturated rings. The molecule has 0 saturated carbocycles. The fourth-order valence-electron chi connectivity index (χ4n) is 1.57. The third kappa shape index (κ3) is 2.88. The first-order valence-electron chi connectivity index (χ1n) is 5.54. The summed E-state index contributed by atoms with van der Waals surface area (Å²) in [6.07, 6.45) is 4.31. The summed E-state index contributed by atoms with van der Waals surface area (Å²) in [5.74, 6) is 0.556. The van der Waals surface area contributed by atoms with Crippen molar-refractivity contribution in [3.8, 4) is 0 Å². The zero-order valence-corrected chi connectivity index (χ0v) is 9.53. The number of hydrogen-bond acceptors (Lipinski definition) is 1. The van der Waals surface area contributed by atoms with Gasteiger partial charge in [-0.2, -0.15) is 0 Å². The van der Waals surface area contributed by atoms with Crippen LogP contribution in [-0.2, 0) is 13.0 Å². The van der Waals surface area contributed by atoms with Gasteiger partial charge in [-0.1, -0.05) is 20.8 Å². The lowest BCUT2D eigenvalue weighted by atomic mass is 10.0. The molecule has 0 aromatic carbocycles. The van der Waals surface area contributed by atoms with Crippen LogP contribution >= 0.6 is 0 Å². The molecule has 1 atom stereocenters. The molecule has 0 spiro atoms. The predicted octanol–water partition coefficient (Wildman–Crippen LogP) is 2.42. The number of nitrogens with zero attached hydrogens (tertiary/aromatic N) is 1. The van der Waals surface area contributed by atoms with Crippen LogP contribution in [0.5, 0.6) is 0 Å². The van der Waals surface area contributed by atoms with E-state index in [1.807, 2.05) is 0 Å². The standard InChI is InChI=1S/C12H22N2/c1-4-7-14-8-5-6-11(14)9-12(13)10(2)3/h5-6,8,10,12H,4,7,9,13H2,1-3H3. The highest BCUT2D eigenvalue weighted by Gasteiger charge is 2.10. The first-order valence-corrected chi connectivity index (χ1v) is 5.54. The Kier molecular flexibility index (Phi) is 4.21. The van der Waals surface area contributed by atoms with Crippen LogP contribution < -0.4 is 5.73 Å². The summed E-state index contributed by atoms with van der Waals surface area (Å²) in [5, 5.41) is 0. The molecule has 1 rings (SSSR count). The van der Waals surface area contributed by atoms with Crippen molar-refractivity contribution in [2.45, 2.75) is 46.2 Å². The van der Waals surface area contributed by atoms with E-state index in [2.05, 4.69) is 43.7 Å². The van der Waals surface area contributed by atoms with Gasteiger partial charge in [0.1, 0.15) is 0 Å². The Balaban J connectivity index is 2.61. The van der Waals surface area contributed by atoms with Gasteiger partial charge in [0.2, 0.25) is 0 Å². The highest BCUT2D eigenvalue weighted by molar-refractivity contribution is 5.09. The minimum atomic E-state index is 0.278. The Morgan fingerprint density at radius 3 is 2.71 bits per heavy atom. The second kappa shape index (κ2) is 5.20. The molecule has 0 aliphatic rings. The van der Waals surface area contributed by atoms with Crippen molar-refractivity contribution in [1.82, 2.24) is 4.57 Å². The average Bonchev–Trinajstić information content (AvgIpc) is 2.53. The first-order chi connectivity index (χ1) is 6.65. The van der Waals surface area contributed by atoms with Crippen molar-refractivity contribution in [2.24, 2.45) is 11.7 Å². The first kappa shape index (κ1) is 11.3. The summed E-state index contributed by atoms with van der Waals surface area (Å²) in [6.45, 7) is 7.66. The van der Waals surface area contributed by atoms with E-state index in [-0.39, 0.29) is 6.04 Å². The molecule has 1 heterocycles. The molecule has 1 unspecified atom stereocenters. The third-order valence-corrected chi connectivity index (χ3v) is 2.69. The van der Waals surface area contributed by atoms with E-state index in [0.717, 1.165) is 13.0 Å². The summed E-state index contributed by atoms with van der Waals surface area (Å²) in [5.41, 5.74) is 7.43. The lowest BCUT2D eigenvalue weighted by molar-refractivity contribution is 0.476. The zero-order valence-electron chi connectivity index (χ0n) is 9.53. The number of hydrogen-bond donors (Lipinski definition) is 1. The second-order valence-electron chi connectivity index (χ2n) is 4.30. The maximum Gasteiger partial charge on any atom is 0.0219 e. The van der Waals surface area contributed by atoms with Crippen molar-refractivity contribution in [1.29, 1.82) is 0 Å². The van der Waals surface area contributed by atoms with Crippen molar-refractivity contribution in [2.75, 3.05) is 0 Å². The van der Waals surface area contributed by atoms with Crippen molar-refractivity contribution in [3.63, 3.8) is 0 Å². The Labute approximate surface area is 87.1 Å². The van der Waals surface area contributed by atoms with E-state index < -0.39 is 0 Å². The zero-order chi connectivity index (χ0) is 10.6. The molecule has 0 bridgehead atoms. The van der Waals surface area contributed by atoms with Gasteiger partial charge in [0.25, 0.3) is 0 Å². The second-order valence-corrected chi connectivity index (χ2v) is 4.30. The molecular weight excluding hydrogens is 172 g/mol.